The fourth-order valence-electron chi connectivity index (χ4n) is 2.08. The van der Waals surface area contributed by atoms with Gasteiger partial charge in [-0.1, -0.05) is 0 Å². The van der Waals surface area contributed by atoms with Crippen molar-refractivity contribution in [3.8, 4) is 11.5 Å². The van der Waals surface area contributed by atoms with Gasteiger partial charge in [0.25, 0.3) is 0 Å². The molecule has 1 unspecified atom stereocenters. The molecule has 0 aromatic heterocycles. The third-order valence-electron chi connectivity index (χ3n) is 3.19. The minimum atomic E-state index is -0.547. The lowest BCUT2D eigenvalue weighted by atomic mass is 9.87. The van der Waals surface area contributed by atoms with E-state index in [-0.39, 0.29) is 6.61 Å². The van der Waals surface area contributed by atoms with Gasteiger partial charge in [0.2, 0.25) is 0 Å². The summed E-state index contributed by atoms with van der Waals surface area (Å²) in [6, 6.07) is 3.85. The van der Waals surface area contributed by atoms with Crippen LogP contribution in [0, 0.1) is 6.92 Å². The molecule has 0 aliphatic rings. The summed E-state index contributed by atoms with van der Waals surface area (Å²) in [5.41, 5.74) is 7.69. The molecule has 0 amide bonds. The van der Waals surface area contributed by atoms with Crippen LogP contribution in [-0.4, -0.2) is 25.9 Å². The van der Waals surface area contributed by atoms with Crippen molar-refractivity contribution in [2.24, 2.45) is 5.73 Å². The lowest BCUT2D eigenvalue weighted by Crippen LogP contribution is -2.33. The van der Waals surface area contributed by atoms with Crippen molar-refractivity contribution < 1.29 is 14.6 Å². The molecule has 0 spiro atoms. The molecule has 0 bridgehead atoms. The van der Waals surface area contributed by atoms with Crippen molar-refractivity contribution in [3.05, 3.63) is 23.3 Å². The number of benzene rings is 1. The molecular weight excluding hydrogens is 230 g/mol. The van der Waals surface area contributed by atoms with Crippen molar-refractivity contribution in [2.45, 2.75) is 32.2 Å². The zero-order valence-electron chi connectivity index (χ0n) is 11.6. The Morgan fingerprint density at radius 1 is 1.22 bits per heavy atom. The van der Waals surface area contributed by atoms with Gasteiger partial charge in [-0.2, -0.15) is 0 Å². The van der Waals surface area contributed by atoms with E-state index in [1.807, 2.05) is 26.0 Å². The van der Waals surface area contributed by atoms with Crippen molar-refractivity contribution in [1.29, 1.82) is 0 Å². The molecule has 18 heavy (non-hydrogen) atoms. The number of ether oxygens (including phenoxy) is 2. The molecular formula is C14H23NO3. The molecule has 4 nitrogen and oxygen atoms in total. The molecule has 0 aliphatic carbocycles. The average Bonchev–Trinajstić information content (AvgIpc) is 2.35. The van der Waals surface area contributed by atoms with Gasteiger partial charge in [-0.3, -0.25) is 0 Å². The van der Waals surface area contributed by atoms with Gasteiger partial charge in [0, 0.05) is 17.7 Å². The molecule has 1 rings (SSSR count). The summed E-state index contributed by atoms with van der Waals surface area (Å²) < 4.78 is 10.7. The molecule has 0 saturated carbocycles. The van der Waals surface area contributed by atoms with Crippen LogP contribution < -0.4 is 15.2 Å². The zero-order chi connectivity index (χ0) is 13.8. The maximum Gasteiger partial charge on any atom is 0.124 e. The van der Waals surface area contributed by atoms with Crippen LogP contribution in [0.1, 0.15) is 30.9 Å². The lowest BCUT2D eigenvalue weighted by molar-refractivity contribution is 0.263. The van der Waals surface area contributed by atoms with Gasteiger partial charge in [0.15, 0.2) is 0 Å². The number of aliphatic hydroxyl groups excluding tert-OH is 1. The number of hydrogen-bond donors (Lipinski definition) is 2. The van der Waals surface area contributed by atoms with Gasteiger partial charge in [-0.05, 0) is 44.4 Å². The van der Waals surface area contributed by atoms with E-state index in [2.05, 4.69) is 0 Å². The molecule has 1 aromatic rings. The SMILES string of the molecule is COc1cc(C(C)(N)CCCO)c(OC)cc1C. The Hall–Kier alpha value is -1.26. The van der Waals surface area contributed by atoms with E-state index >= 15 is 0 Å². The standard InChI is InChI=1S/C14H23NO3/c1-10-8-13(18-4)11(9-12(10)17-3)14(2,15)6-5-7-16/h8-9,16H,5-7,15H2,1-4H3. The summed E-state index contributed by atoms with van der Waals surface area (Å²) in [6.07, 6.45) is 1.35. The first kappa shape index (κ1) is 14.8. The number of hydrogen-bond acceptors (Lipinski definition) is 4. The summed E-state index contributed by atoms with van der Waals surface area (Å²) in [7, 11) is 3.27. The first-order valence-electron chi connectivity index (χ1n) is 6.09. The Morgan fingerprint density at radius 3 is 2.33 bits per heavy atom. The minimum Gasteiger partial charge on any atom is -0.496 e. The fraction of sp³-hybridized carbons (Fsp3) is 0.571. The Balaban J connectivity index is 3.20. The second kappa shape index (κ2) is 6.07. The normalized spacial score (nSPS) is 14.1. The van der Waals surface area contributed by atoms with Crippen LogP contribution in [0.5, 0.6) is 11.5 Å². The van der Waals surface area contributed by atoms with Crippen LogP contribution in [0.4, 0.5) is 0 Å². The van der Waals surface area contributed by atoms with E-state index in [0.29, 0.717) is 12.8 Å². The number of aryl methyl sites for hydroxylation is 1. The first-order valence-corrected chi connectivity index (χ1v) is 6.09. The summed E-state index contributed by atoms with van der Waals surface area (Å²) in [5, 5.41) is 8.94. The third kappa shape index (κ3) is 3.15. The maximum absolute atomic E-state index is 8.94. The molecule has 1 aromatic carbocycles. The van der Waals surface area contributed by atoms with Crippen molar-refractivity contribution in [1.82, 2.24) is 0 Å². The van der Waals surface area contributed by atoms with E-state index in [4.69, 9.17) is 20.3 Å². The fourth-order valence-corrected chi connectivity index (χ4v) is 2.08. The van der Waals surface area contributed by atoms with Crippen LogP contribution in [0.25, 0.3) is 0 Å². The topological polar surface area (TPSA) is 64.7 Å². The predicted octanol–water partition coefficient (Wildman–Crippen LogP) is 1.96. The van der Waals surface area contributed by atoms with Gasteiger partial charge in [-0.25, -0.2) is 0 Å². The van der Waals surface area contributed by atoms with Gasteiger partial charge in [0.1, 0.15) is 11.5 Å². The third-order valence-corrected chi connectivity index (χ3v) is 3.19. The van der Waals surface area contributed by atoms with Gasteiger partial charge in [-0.15, -0.1) is 0 Å². The molecule has 0 fully saturated rings. The number of aliphatic hydroxyl groups is 1. The number of methoxy groups -OCH3 is 2. The molecule has 0 radical (unpaired) electrons. The van der Waals surface area contributed by atoms with Crippen molar-refractivity contribution in [3.63, 3.8) is 0 Å². The molecule has 4 heteroatoms. The van der Waals surface area contributed by atoms with Crippen LogP contribution >= 0.6 is 0 Å². The molecule has 0 saturated heterocycles. The highest BCUT2D eigenvalue weighted by Gasteiger charge is 2.26. The Labute approximate surface area is 109 Å². The molecule has 1 atom stereocenters. The summed E-state index contributed by atoms with van der Waals surface area (Å²) in [6.45, 7) is 4.04. The smallest absolute Gasteiger partial charge is 0.124 e. The van der Waals surface area contributed by atoms with E-state index in [1.165, 1.54) is 0 Å². The zero-order valence-corrected chi connectivity index (χ0v) is 11.6. The van der Waals surface area contributed by atoms with Crippen molar-refractivity contribution >= 4 is 0 Å². The van der Waals surface area contributed by atoms with Gasteiger partial charge < -0.3 is 20.3 Å². The molecule has 0 aliphatic heterocycles. The van der Waals surface area contributed by atoms with Crippen LogP contribution in [0.15, 0.2) is 12.1 Å². The molecule has 102 valence electrons. The Kier molecular flexibility index (Phi) is 4.99. The molecule has 0 heterocycles. The highest BCUT2D eigenvalue weighted by Crippen LogP contribution is 2.36. The maximum atomic E-state index is 8.94. The van der Waals surface area contributed by atoms with Gasteiger partial charge in [0.05, 0.1) is 14.2 Å². The van der Waals surface area contributed by atoms with E-state index < -0.39 is 5.54 Å². The highest BCUT2D eigenvalue weighted by atomic mass is 16.5. The quantitative estimate of drug-likeness (QED) is 0.813. The van der Waals surface area contributed by atoms with Crippen LogP contribution in [0.3, 0.4) is 0 Å². The first-order chi connectivity index (χ1) is 8.46. The summed E-state index contributed by atoms with van der Waals surface area (Å²) >= 11 is 0. The van der Waals surface area contributed by atoms with Crippen LogP contribution in [-0.2, 0) is 5.54 Å². The highest BCUT2D eigenvalue weighted by molar-refractivity contribution is 5.48. The average molecular weight is 253 g/mol. The number of rotatable bonds is 6. The van der Waals surface area contributed by atoms with E-state index in [9.17, 15) is 0 Å². The Bertz CT molecular complexity index is 402. The minimum absolute atomic E-state index is 0.137. The largest absolute Gasteiger partial charge is 0.496 e. The van der Waals surface area contributed by atoms with E-state index in [1.54, 1.807) is 14.2 Å². The summed E-state index contributed by atoms with van der Waals surface area (Å²) in [5.74, 6) is 1.56. The van der Waals surface area contributed by atoms with Gasteiger partial charge >= 0.3 is 0 Å². The summed E-state index contributed by atoms with van der Waals surface area (Å²) in [4.78, 5) is 0. The lowest BCUT2D eigenvalue weighted by Gasteiger charge is -2.28. The molecule has 3 N–H and O–H groups in total. The van der Waals surface area contributed by atoms with Crippen LogP contribution in [0.2, 0.25) is 0 Å². The van der Waals surface area contributed by atoms with Crippen molar-refractivity contribution in [2.75, 3.05) is 20.8 Å². The van der Waals surface area contributed by atoms with E-state index in [0.717, 1.165) is 22.6 Å². The monoisotopic (exact) mass is 253 g/mol. The predicted molar refractivity (Wildman–Crippen MR) is 72.1 cm³/mol. The number of nitrogens with two attached hydrogens (primary N) is 1. The Morgan fingerprint density at radius 2 is 1.83 bits per heavy atom. The second-order valence-corrected chi connectivity index (χ2v) is 4.77. The second-order valence-electron chi connectivity index (χ2n) is 4.77.